The van der Waals surface area contributed by atoms with E-state index in [0.29, 0.717) is 0 Å². The van der Waals surface area contributed by atoms with Crippen molar-refractivity contribution in [1.82, 2.24) is 0 Å². The van der Waals surface area contributed by atoms with Crippen molar-refractivity contribution >= 4 is 38.6 Å². The lowest BCUT2D eigenvalue weighted by Gasteiger charge is -2.41. The molecule has 2 aliphatic rings. The van der Waals surface area contributed by atoms with Gasteiger partial charge in [-0.15, -0.1) is 0 Å². The fraction of sp³-hybridized carbons (Fsp3) is 0.818. The molecular weight excluding hydrogens is 303 g/mol. The molecule has 2 heterocycles. The molecule has 78 valence electrons. The highest BCUT2D eigenvalue weighted by Crippen LogP contribution is 2.48. The summed E-state index contributed by atoms with van der Waals surface area (Å²) in [7, 11) is 0. The minimum absolute atomic E-state index is 0.885. The topological polar surface area (TPSA) is 0 Å². The van der Waals surface area contributed by atoms with Crippen LogP contribution in [0, 0.1) is 0 Å². The number of halogens is 2. The molecular formula is C11H17BBr2. The second-order valence-corrected chi connectivity index (χ2v) is 5.74. The van der Waals surface area contributed by atoms with E-state index in [1.54, 1.807) is 5.47 Å². The predicted molar refractivity (Wildman–Crippen MR) is 71.8 cm³/mol. The molecule has 0 nitrogen and oxygen atoms in total. The third-order valence-corrected chi connectivity index (χ3v) is 5.27. The molecule has 0 radical (unpaired) electrons. The zero-order chi connectivity index (χ0) is 9.97. The van der Waals surface area contributed by atoms with Gasteiger partial charge < -0.3 is 0 Å². The molecule has 2 saturated heterocycles. The molecule has 0 amide bonds. The van der Waals surface area contributed by atoms with Gasteiger partial charge in [0.15, 0.2) is 6.71 Å². The molecule has 0 aliphatic carbocycles. The van der Waals surface area contributed by atoms with Crippen LogP contribution in [0.5, 0.6) is 0 Å². The van der Waals surface area contributed by atoms with Crippen LogP contribution in [0.1, 0.15) is 38.5 Å². The molecule has 0 spiro atoms. The summed E-state index contributed by atoms with van der Waals surface area (Å²) in [6, 6.07) is 0. The van der Waals surface area contributed by atoms with Crippen LogP contribution in [0.2, 0.25) is 11.6 Å². The lowest BCUT2D eigenvalue weighted by atomic mass is 9.25. The second kappa shape index (κ2) is 5.20. The fourth-order valence-corrected chi connectivity index (χ4v) is 4.91. The van der Waals surface area contributed by atoms with E-state index >= 15 is 0 Å². The Kier molecular flexibility index (Phi) is 4.18. The summed E-state index contributed by atoms with van der Waals surface area (Å²) in [5, 5.41) is 1.05. The van der Waals surface area contributed by atoms with E-state index in [9.17, 15) is 0 Å². The standard InChI is InChI=1S/C11H17BBr2/c13-7-11(8-14)12-9-3-1-4-10(12)6-2-5-9/h7,9-10H,1-6,8H2/b11-7-. The molecule has 0 aromatic heterocycles. The lowest BCUT2D eigenvalue weighted by Crippen LogP contribution is -2.36. The van der Waals surface area contributed by atoms with Crippen molar-refractivity contribution < 1.29 is 0 Å². The van der Waals surface area contributed by atoms with E-state index < -0.39 is 0 Å². The van der Waals surface area contributed by atoms with Crippen molar-refractivity contribution in [2.75, 3.05) is 5.33 Å². The first kappa shape index (κ1) is 11.3. The Labute approximate surface area is 104 Å². The summed E-state index contributed by atoms with van der Waals surface area (Å²) in [5.41, 5.74) is 1.60. The van der Waals surface area contributed by atoms with Crippen molar-refractivity contribution in [3.05, 3.63) is 10.5 Å². The van der Waals surface area contributed by atoms with Crippen LogP contribution in [0.15, 0.2) is 10.5 Å². The van der Waals surface area contributed by atoms with E-state index in [2.05, 4.69) is 36.8 Å². The van der Waals surface area contributed by atoms with E-state index in [0.717, 1.165) is 23.7 Å². The average molecular weight is 320 g/mol. The zero-order valence-corrected chi connectivity index (χ0v) is 11.7. The normalized spacial score (nSPS) is 33.3. The molecule has 2 aliphatic heterocycles. The highest BCUT2D eigenvalue weighted by Gasteiger charge is 2.40. The fourth-order valence-electron chi connectivity index (χ4n) is 3.47. The number of hydrogen-bond donors (Lipinski definition) is 0. The molecule has 0 atom stereocenters. The molecule has 2 bridgehead atoms. The van der Waals surface area contributed by atoms with Crippen LogP contribution in [-0.2, 0) is 0 Å². The highest BCUT2D eigenvalue weighted by molar-refractivity contribution is 9.11. The van der Waals surface area contributed by atoms with Gasteiger partial charge >= 0.3 is 0 Å². The van der Waals surface area contributed by atoms with Crippen molar-refractivity contribution in [3.63, 3.8) is 0 Å². The number of fused-ring (bicyclic) bond motifs is 2. The van der Waals surface area contributed by atoms with E-state index in [1.165, 1.54) is 38.5 Å². The van der Waals surface area contributed by atoms with Crippen LogP contribution in [0.3, 0.4) is 0 Å². The van der Waals surface area contributed by atoms with Crippen molar-refractivity contribution in [2.45, 2.75) is 50.2 Å². The lowest BCUT2D eigenvalue weighted by molar-refractivity contribution is 0.446. The maximum atomic E-state index is 3.62. The minimum atomic E-state index is 0.885. The van der Waals surface area contributed by atoms with Crippen LogP contribution >= 0.6 is 31.9 Å². The van der Waals surface area contributed by atoms with Crippen LogP contribution < -0.4 is 0 Å². The summed E-state index contributed by atoms with van der Waals surface area (Å²) in [6.45, 7) is 0.885. The molecule has 14 heavy (non-hydrogen) atoms. The van der Waals surface area contributed by atoms with Crippen LogP contribution in [-0.4, -0.2) is 12.0 Å². The highest BCUT2D eigenvalue weighted by atomic mass is 79.9. The average Bonchev–Trinajstić information content (AvgIpc) is 2.19. The van der Waals surface area contributed by atoms with Gasteiger partial charge in [0.25, 0.3) is 0 Å². The first-order chi connectivity index (χ1) is 6.86. The quantitative estimate of drug-likeness (QED) is 0.506. The van der Waals surface area contributed by atoms with Crippen molar-refractivity contribution in [2.24, 2.45) is 0 Å². The summed E-state index contributed by atoms with van der Waals surface area (Å²) in [4.78, 5) is 2.17. The third-order valence-electron chi connectivity index (χ3n) is 4.04. The Hall–Kier alpha value is 0.765. The number of hydrogen-bond acceptors (Lipinski definition) is 0. The molecule has 0 aromatic carbocycles. The number of rotatable bonds is 2. The summed E-state index contributed by atoms with van der Waals surface area (Å²) in [6.07, 6.45) is 8.83. The minimum Gasteiger partial charge on any atom is -0.0888 e. The Morgan fingerprint density at radius 3 is 2.00 bits per heavy atom. The van der Waals surface area contributed by atoms with Crippen LogP contribution in [0.25, 0.3) is 0 Å². The van der Waals surface area contributed by atoms with E-state index in [-0.39, 0.29) is 0 Å². The maximum absolute atomic E-state index is 3.62. The van der Waals surface area contributed by atoms with Gasteiger partial charge in [0.2, 0.25) is 0 Å². The molecule has 0 N–H and O–H groups in total. The summed E-state index contributed by atoms with van der Waals surface area (Å²) in [5.74, 6) is 1.98. The summed E-state index contributed by atoms with van der Waals surface area (Å²) < 4.78 is 0. The van der Waals surface area contributed by atoms with E-state index in [4.69, 9.17) is 0 Å². The molecule has 2 rings (SSSR count). The predicted octanol–water partition coefficient (Wildman–Crippen LogP) is 4.80. The molecule has 2 fully saturated rings. The van der Waals surface area contributed by atoms with Gasteiger partial charge in [-0.25, -0.2) is 0 Å². The van der Waals surface area contributed by atoms with Gasteiger partial charge in [0.05, 0.1) is 0 Å². The Morgan fingerprint density at radius 1 is 1.14 bits per heavy atom. The Balaban J connectivity index is 2.15. The first-order valence-corrected chi connectivity index (χ1v) is 7.75. The summed E-state index contributed by atoms with van der Waals surface area (Å²) >= 11 is 7.15. The van der Waals surface area contributed by atoms with Gasteiger partial charge in [0, 0.05) is 5.33 Å². The molecule has 0 unspecified atom stereocenters. The van der Waals surface area contributed by atoms with Gasteiger partial charge in [0.1, 0.15) is 0 Å². The molecule has 3 heteroatoms. The van der Waals surface area contributed by atoms with Crippen LogP contribution in [0.4, 0.5) is 0 Å². The zero-order valence-electron chi connectivity index (χ0n) is 8.52. The third kappa shape index (κ3) is 2.14. The SMILES string of the molecule is Br/C=C(/CBr)B1C2CCCC1CCC2. The van der Waals surface area contributed by atoms with Gasteiger partial charge in [-0.2, -0.15) is 0 Å². The number of alkyl halides is 1. The number of allylic oxidation sites excluding steroid dienone is 1. The largest absolute Gasteiger partial charge is 0.178 e. The molecule has 0 saturated carbocycles. The Morgan fingerprint density at radius 2 is 1.64 bits per heavy atom. The maximum Gasteiger partial charge on any atom is 0.178 e. The van der Waals surface area contributed by atoms with Crippen molar-refractivity contribution in [1.29, 1.82) is 0 Å². The smallest absolute Gasteiger partial charge is 0.0888 e. The monoisotopic (exact) mass is 318 g/mol. The second-order valence-electron chi connectivity index (χ2n) is 4.73. The van der Waals surface area contributed by atoms with Gasteiger partial charge in [-0.3, -0.25) is 0 Å². The Bertz CT molecular complexity index is 205. The van der Waals surface area contributed by atoms with Gasteiger partial charge in [-0.1, -0.05) is 87.5 Å². The van der Waals surface area contributed by atoms with Gasteiger partial charge in [-0.05, 0) is 4.99 Å². The molecule has 0 aromatic rings. The van der Waals surface area contributed by atoms with Crippen molar-refractivity contribution in [3.8, 4) is 0 Å². The van der Waals surface area contributed by atoms with E-state index in [1.807, 2.05) is 0 Å². The first-order valence-electron chi connectivity index (χ1n) is 5.72.